The van der Waals surface area contributed by atoms with Gasteiger partial charge in [0, 0.05) is 22.1 Å². The van der Waals surface area contributed by atoms with E-state index in [1.54, 1.807) is 26.5 Å². The molecule has 1 aromatic heterocycles. The summed E-state index contributed by atoms with van der Waals surface area (Å²) in [5.41, 5.74) is 6.98. The van der Waals surface area contributed by atoms with Gasteiger partial charge in [0.15, 0.2) is 0 Å². The third kappa shape index (κ3) is 5.89. The number of hydrogen-bond acceptors (Lipinski definition) is 6. The fourth-order valence-electron chi connectivity index (χ4n) is 4.10. The van der Waals surface area contributed by atoms with Gasteiger partial charge < -0.3 is 14.2 Å². The molecule has 0 aliphatic heterocycles. The van der Waals surface area contributed by atoms with E-state index in [0.29, 0.717) is 29.4 Å². The predicted octanol–water partition coefficient (Wildman–Crippen LogP) is 6.17. The first-order valence-corrected chi connectivity index (χ1v) is 12.2. The van der Waals surface area contributed by atoms with Gasteiger partial charge in [0.1, 0.15) is 17.2 Å². The Morgan fingerprint density at radius 2 is 1.86 bits per heavy atom. The molecule has 190 valence electrons. The summed E-state index contributed by atoms with van der Waals surface area (Å²) in [6, 6.07) is 20.8. The molecular weight excluding hydrogens is 466 g/mol. The van der Waals surface area contributed by atoms with Crippen molar-refractivity contribution in [3.8, 4) is 28.5 Å². The number of para-hydroxylation sites is 1. The molecule has 37 heavy (non-hydrogen) atoms. The maximum absolute atomic E-state index is 13.3. The molecule has 4 rings (SSSR count). The second-order valence-electron chi connectivity index (χ2n) is 8.52. The number of carbonyl (C=O) groups is 1. The number of hydrogen-bond donors (Lipinski definition) is 1. The number of aromatic nitrogens is 1. The average Bonchev–Trinajstić information content (AvgIpc) is 2.93. The Balaban J connectivity index is 1.63. The molecule has 0 saturated heterocycles. The molecular formula is C30H31N3O4. The quantitative estimate of drug-likeness (QED) is 0.161. The normalized spacial score (nSPS) is 11.0. The number of fused-ring (bicyclic) bond motifs is 1. The summed E-state index contributed by atoms with van der Waals surface area (Å²) >= 11 is 0. The monoisotopic (exact) mass is 497 g/mol. The van der Waals surface area contributed by atoms with E-state index in [0.717, 1.165) is 46.2 Å². The molecule has 4 aromatic rings. The van der Waals surface area contributed by atoms with Gasteiger partial charge in [-0.2, -0.15) is 5.10 Å². The summed E-state index contributed by atoms with van der Waals surface area (Å²) in [7, 11) is 3.20. The summed E-state index contributed by atoms with van der Waals surface area (Å²) < 4.78 is 16.7. The molecule has 0 aliphatic rings. The Morgan fingerprint density at radius 3 is 2.65 bits per heavy atom. The van der Waals surface area contributed by atoms with Crippen LogP contribution in [0.2, 0.25) is 0 Å². The first-order chi connectivity index (χ1) is 18.0. The first-order valence-electron chi connectivity index (χ1n) is 12.2. The van der Waals surface area contributed by atoms with Gasteiger partial charge >= 0.3 is 0 Å². The predicted molar refractivity (Wildman–Crippen MR) is 147 cm³/mol. The van der Waals surface area contributed by atoms with E-state index in [9.17, 15) is 4.79 Å². The van der Waals surface area contributed by atoms with Crippen molar-refractivity contribution in [3.63, 3.8) is 0 Å². The number of methoxy groups -OCH3 is 2. The number of pyridine rings is 1. The molecule has 0 saturated carbocycles. The van der Waals surface area contributed by atoms with Crippen molar-refractivity contribution in [2.24, 2.45) is 5.10 Å². The minimum atomic E-state index is -0.337. The van der Waals surface area contributed by atoms with Crippen LogP contribution in [-0.4, -0.2) is 37.9 Å². The molecule has 0 fully saturated rings. The zero-order valence-corrected chi connectivity index (χ0v) is 21.6. The lowest BCUT2D eigenvalue weighted by atomic mass is 10.0. The molecule has 0 bridgehead atoms. The topological polar surface area (TPSA) is 82.0 Å². The molecule has 0 unspecified atom stereocenters. The fraction of sp³-hybridized carbons (Fsp3) is 0.233. The fourth-order valence-corrected chi connectivity index (χ4v) is 4.10. The highest BCUT2D eigenvalue weighted by Gasteiger charge is 2.15. The average molecular weight is 498 g/mol. The van der Waals surface area contributed by atoms with Crippen LogP contribution in [0.3, 0.4) is 0 Å². The lowest BCUT2D eigenvalue weighted by Crippen LogP contribution is -2.18. The van der Waals surface area contributed by atoms with Crippen LogP contribution in [0.5, 0.6) is 17.2 Å². The van der Waals surface area contributed by atoms with Gasteiger partial charge in [-0.3, -0.25) is 4.79 Å². The second-order valence-corrected chi connectivity index (χ2v) is 8.52. The van der Waals surface area contributed by atoms with Crippen molar-refractivity contribution in [2.45, 2.75) is 26.7 Å². The number of amides is 1. The van der Waals surface area contributed by atoms with Crippen molar-refractivity contribution >= 4 is 23.0 Å². The molecule has 0 radical (unpaired) electrons. The minimum Gasteiger partial charge on any atom is -0.496 e. The molecule has 0 spiro atoms. The van der Waals surface area contributed by atoms with Gasteiger partial charge in [-0.05, 0) is 49.7 Å². The number of nitrogens with one attached hydrogen (secondary N) is 1. The molecule has 7 heteroatoms. The smallest absolute Gasteiger partial charge is 0.272 e. The Morgan fingerprint density at radius 1 is 1.03 bits per heavy atom. The zero-order valence-electron chi connectivity index (χ0n) is 21.6. The van der Waals surface area contributed by atoms with Crippen LogP contribution in [0.25, 0.3) is 22.2 Å². The number of rotatable bonds is 10. The Labute approximate surface area is 217 Å². The molecule has 0 atom stereocenters. The number of ether oxygens (including phenoxy) is 3. The van der Waals surface area contributed by atoms with Crippen molar-refractivity contribution in [2.75, 3.05) is 20.8 Å². The standard InChI is InChI=1S/C30H31N3O4/c1-5-6-16-37-23-11-9-10-21(17-23)27-18-25(24-12-7-8-13-26(24)32-27)30(34)33-31-19-22-14-15-28(35-3)20(2)29(22)36-4/h7-15,17-19H,5-6,16H2,1-4H3,(H,33,34). The van der Waals surface area contributed by atoms with Crippen LogP contribution >= 0.6 is 0 Å². The van der Waals surface area contributed by atoms with Crippen LogP contribution < -0.4 is 19.6 Å². The lowest BCUT2D eigenvalue weighted by Gasteiger charge is -2.12. The maximum atomic E-state index is 13.3. The lowest BCUT2D eigenvalue weighted by molar-refractivity contribution is 0.0956. The van der Waals surface area contributed by atoms with Crippen LogP contribution in [0.4, 0.5) is 0 Å². The first kappa shape index (κ1) is 25.7. The highest BCUT2D eigenvalue weighted by Crippen LogP contribution is 2.30. The van der Waals surface area contributed by atoms with Crippen LogP contribution in [-0.2, 0) is 0 Å². The molecule has 0 aliphatic carbocycles. The summed E-state index contributed by atoms with van der Waals surface area (Å²) in [6.45, 7) is 4.70. The third-order valence-corrected chi connectivity index (χ3v) is 6.04. The summed E-state index contributed by atoms with van der Waals surface area (Å²) in [4.78, 5) is 18.1. The minimum absolute atomic E-state index is 0.337. The summed E-state index contributed by atoms with van der Waals surface area (Å²) in [5, 5.41) is 4.95. The number of hydrazone groups is 1. The van der Waals surface area contributed by atoms with E-state index >= 15 is 0 Å². The van der Waals surface area contributed by atoms with E-state index in [-0.39, 0.29) is 5.91 Å². The van der Waals surface area contributed by atoms with Crippen molar-refractivity contribution in [1.82, 2.24) is 10.4 Å². The second kappa shape index (κ2) is 12.0. The van der Waals surface area contributed by atoms with Gasteiger partial charge in [0.2, 0.25) is 0 Å². The highest BCUT2D eigenvalue weighted by molar-refractivity contribution is 6.07. The number of benzene rings is 3. The van der Waals surface area contributed by atoms with Crippen LogP contribution in [0.1, 0.15) is 41.3 Å². The van der Waals surface area contributed by atoms with Gasteiger partial charge in [-0.15, -0.1) is 0 Å². The van der Waals surface area contributed by atoms with Crippen molar-refractivity contribution in [1.29, 1.82) is 0 Å². The maximum Gasteiger partial charge on any atom is 0.272 e. The largest absolute Gasteiger partial charge is 0.496 e. The number of carbonyl (C=O) groups excluding carboxylic acids is 1. The SMILES string of the molecule is CCCCOc1cccc(-c2cc(C(=O)NN=Cc3ccc(OC)c(C)c3OC)c3ccccc3n2)c1. The molecule has 7 nitrogen and oxygen atoms in total. The van der Waals surface area contributed by atoms with Gasteiger partial charge in [-0.25, -0.2) is 10.4 Å². The van der Waals surface area contributed by atoms with E-state index in [4.69, 9.17) is 19.2 Å². The highest BCUT2D eigenvalue weighted by atomic mass is 16.5. The van der Waals surface area contributed by atoms with Gasteiger partial charge in [0.25, 0.3) is 5.91 Å². The van der Waals surface area contributed by atoms with Crippen LogP contribution in [0.15, 0.2) is 71.8 Å². The molecule has 1 N–H and O–H groups in total. The Bertz CT molecular complexity index is 1430. The molecule has 3 aromatic carbocycles. The van der Waals surface area contributed by atoms with Crippen molar-refractivity contribution in [3.05, 3.63) is 83.4 Å². The van der Waals surface area contributed by atoms with Crippen LogP contribution in [0, 0.1) is 6.92 Å². The van der Waals surface area contributed by atoms with E-state index in [1.165, 1.54) is 0 Å². The molecule has 1 heterocycles. The third-order valence-electron chi connectivity index (χ3n) is 6.04. The Kier molecular flexibility index (Phi) is 8.36. The number of unbranched alkanes of at least 4 members (excludes halogenated alkanes) is 1. The Hall–Kier alpha value is -4.39. The van der Waals surface area contributed by atoms with E-state index in [1.807, 2.05) is 67.6 Å². The van der Waals surface area contributed by atoms with Crippen molar-refractivity contribution < 1.29 is 19.0 Å². The zero-order chi connectivity index (χ0) is 26.2. The van der Waals surface area contributed by atoms with E-state index in [2.05, 4.69) is 17.5 Å². The summed E-state index contributed by atoms with van der Waals surface area (Å²) in [5.74, 6) is 1.79. The van der Waals surface area contributed by atoms with Gasteiger partial charge in [-0.1, -0.05) is 43.7 Å². The number of nitrogens with zero attached hydrogens (tertiary/aromatic N) is 2. The molecule has 1 amide bonds. The van der Waals surface area contributed by atoms with Gasteiger partial charge in [0.05, 0.1) is 43.8 Å². The summed E-state index contributed by atoms with van der Waals surface area (Å²) in [6.07, 6.45) is 3.62. The van der Waals surface area contributed by atoms with E-state index < -0.39 is 0 Å².